The Morgan fingerprint density at radius 2 is 1.87 bits per heavy atom. The predicted octanol–water partition coefficient (Wildman–Crippen LogP) is 3.18. The maximum atomic E-state index is 12.8. The van der Waals surface area contributed by atoms with Crippen LogP contribution in [-0.4, -0.2) is 14.9 Å². The van der Waals surface area contributed by atoms with Gasteiger partial charge in [-0.15, -0.1) is 0 Å². The van der Waals surface area contributed by atoms with E-state index in [-0.39, 0.29) is 17.6 Å². The molecule has 0 radical (unpaired) electrons. The Morgan fingerprint density at radius 1 is 1.13 bits per heavy atom. The van der Waals surface area contributed by atoms with Crippen molar-refractivity contribution < 1.29 is 5.11 Å². The summed E-state index contributed by atoms with van der Waals surface area (Å²) >= 11 is 0. The van der Waals surface area contributed by atoms with Crippen molar-refractivity contribution >= 4 is 10.8 Å². The van der Waals surface area contributed by atoms with Crippen molar-refractivity contribution in [1.29, 1.82) is 0 Å². The minimum absolute atomic E-state index is 0.0204. The molecule has 4 heteroatoms. The third-order valence-corrected chi connectivity index (χ3v) is 4.04. The molecule has 0 spiro atoms. The summed E-state index contributed by atoms with van der Waals surface area (Å²) < 4.78 is 1.35. The van der Waals surface area contributed by atoms with Crippen LogP contribution in [0.4, 0.5) is 0 Å². The van der Waals surface area contributed by atoms with Crippen LogP contribution in [0.25, 0.3) is 16.5 Å². The van der Waals surface area contributed by atoms with Crippen LogP contribution < -0.4 is 5.56 Å². The molecular formula is C19H20N2O2. The summed E-state index contributed by atoms with van der Waals surface area (Å²) in [7, 11) is 0. The van der Waals surface area contributed by atoms with E-state index in [1.165, 1.54) is 10.2 Å². The van der Waals surface area contributed by atoms with Crippen molar-refractivity contribution in [3.8, 4) is 5.69 Å². The first-order valence-electron chi connectivity index (χ1n) is 7.63. The van der Waals surface area contributed by atoms with E-state index in [1.807, 2.05) is 30.3 Å². The Hall–Kier alpha value is -2.46. The molecule has 3 rings (SSSR count). The van der Waals surface area contributed by atoms with Crippen LogP contribution in [0.5, 0.6) is 0 Å². The number of aromatic nitrogens is 2. The smallest absolute Gasteiger partial charge is 0.279 e. The molecule has 2 aromatic carbocycles. The Balaban J connectivity index is 2.23. The predicted molar refractivity (Wildman–Crippen MR) is 92.0 cm³/mol. The molecule has 0 saturated heterocycles. The van der Waals surface area contributed by atoms with Gasteiger partial charge in [-0.1, -0.05) is 45.0 Å². The highest BCUT2D eigenvalue weighted by Crippen LogP contribution is 2.25. The van der Waals surface area contributed by atoms with Gasteiger partial charge in [-0.2, -0.15) is 9.78 Å². The molecule has 0 aliphatic carbocycles. The molecule has 0 fully saturated rings. The number of para-hydroxylation sites is 1. The van der Waals surface area contributed by atoms with E-state index < -0.39 is 0 Å². The number of benzene rings is 2. The lowest BCUT2D eigenvalue weighted by Crippen LogP contribution is -2.22. The molecule has 1 aromatic heterocycles. The largest absolute Gasteiger partial charge is 0.392 e. The van der Waals surface area contributed by atoms with E-state index in [0.717, 1.165) is 5.39 Å². The average Bonchev–Trinajstić information content (AvgIpc) is 2.54. The van der Waals surface area contributed by atoms with Gasteiger partial charge in [-0.25, -0.2) is 0 Å². The van der Waals surface area contributed by atoms with Crippen molar-refractivity contribution in [1.82, 2.24) is 9.78 Å². The first-order chi connectivity index (χ1) is 10.9. The van der Waals surface area contributed by atoms with Gasteiger partial charge in [-0.05, 0) is 29.2 Å². The summed E-state index contributed by atoms with van der Waals surface area (Å²) in [5, 5.41) is 15.2. The highest BCUT2D eigenvalue weighted by atomic mass is 16.3. The fourth-order valence-corrected chi connectivity index (χ4v) is 2.64. The summed E-state index contributed by atoms with van der Waals surface area (Å²) in [6.45, 7) is 6.28. The van der Waals surface area contributed by atoms with Gasteiger partial charge >= 0.3 is 0 Å². The molecule has 0 aliphatic heterocycles. The summed E-state index contributed by atoms with van der Waals surface area (Å²) in [5.74, 6) is 0. The summed E-state index contributed by atoms with van der Waals surface area (Å²) in [6, 6.07) is 13.1. The molecular weight excluding hydrogens is 288 g/mol. The lowest BCUT2D eigenvalue weighted by Gasteiger charge is -2.19. The fourth-order valence-electron chi connectivity index (χ4n) is 2.64. The van der Waals surface area contributed by atoms with Crippen LogP contribution in [-0.2, 0) is 12.0 Å². The van der Waals surface area contributed by atoms with E-state index in [0.29, 0.717) is 16.6 Å². The minimum atomic E-state index is -0.177. The lowest BCUT2D eigenvalue weighted by molar-refractivity contribution is 0.281. The van der Waals surface area contributed by atoms with E-state index >= 15 is 0 Å². The molecule has 0 saturated carbocycles. The third-order valence-electron chi connectivity index (χ3n) is 4.04. The monoisotopic (exact) mass is 308 g/mol. The Morgan fingerprint density at radius 3 is 2.57 bits per heavy atom. The topological polar surface area (TPSA) is 55.1 Å². The van der Waals surface area contributed by atoms with Crippen molar-refractivity contribution in [3.63, 3.8) is 0 Å². The van der Waals surface area contributed by atoms with Gasteiger partial charge in [0.1, 0.15) is 0 Å². The SMILES string of the molecule is CC(C)(C)c1ccc2c(=O)n(-c3ccccc3CO)ncc2c1. The molecule has 0 bridgehead atoms. The van der Waals surface area contributed by atoms with Crippen LogP contribution in [0, 0.1) is 0 Å². The molecule has 118 valence electrons. The second-order valence-electron chi connectivity index (χ2n) is 6.70. The van der Waals surface area contributed by atoms with Crippen molar-refractivity contribution in [3.05, 3.63) is 70.1 Å². The normalized spacial score (nSPS) is 11.8. The van der Waals surface area contributed by atoms with Crippen molar-refractivity contribution in [2.75, 3.05) is 0 Å². The first-order valence-corrected chi connectivity index (χ1v) is 7.63. The summed E-state index contributed by atoms with van der Waals surface area (Å²) in [4.78, 5) is 12.8. The van der Waals surface area contributed by atoms with Crippen molar-refractivity contribution in [2.45, 2.75) is 32.8 Å². The molecule has 23 heavy (non-hydrogen) atoms. The quantitative estimate of drug-likeness (QED) is 0.791. The highest BCUT2D eigenvalue weighted by Gasteiger charge is 2.15. The Kier molecular flexibility index (Phi) is 3.78. The number of rotatable bonds is 2. The molecule has 0 unspecified atom stereocenters. The van der Waals surface area contributed by atoms with E-state index in [4.69, 9.17) is 0 Å². The van der Waals surface area contributed by atoms with E-state index in [2.05, 4.69) is 25.9 Å². The number of aliphatic hydroxyl groups excluding tert-OH is 1. The van der Waals surface area contributed by atoms with Gasteiger partial charge in [0, 0.05) is 10.9 Å². The Labute approximate surface area is 135 Å². The zero-order chi connectivity index (χ0) is 16.6. The first kappa shape index (κ1) is 15.4. The summed E-state index contributed by atoms with van der Waals surface area (Å²) in [5.41, 5.74) is 2.30. The summed E-state index contributed by atoms with van der Waals surface area (Å²) in [6.07, 6.45) is 1.71. The van der Waals surface area contributed by atoms with Crippen LogP contribution >= 0.6 is 0 Å². The van der Waals surface area contributed by atoms with Gasteiger partial charge in [0.2, 0.25) is 0 Å². The fraction of sp³-hybridized carbons (Fsp3) is 0.263. The van der Waals surface area contributed by atoms with Gasteiger partial charge in [0.25, 0.3) is 5.56 Å². The zero-order valence-electron chi connectivity index (χ0n) is 13.6. The van der Waals surface area contributed by atoms with Crippen LogP contribution in [0.1, 0.15) is 31.9 Å². The number of hydrogen-bond donors (Lipinski definition) is 1. The van der Waals surface area contributed by atoms with E-state index in [9.17, 15) is 9.90 Å². The number of fused-ring (bicyclic) bond motifs is 1. The van der Waals surface area contributed by atoms with E-state index in [1.54, 1.807) is 18.3 Å². The molecule has 0 atom stereocenters. The van der Waals surface area contributed by atoms with Gasteiger partial charge in [0.05, 0.1) is 23.9 Å². The van der Waals surface area contributed by atoms with Crippen LogP contribution in [0.3, 0.4) is 0 Å². The molecule has 1 heterocycles. The molecule has 4 nitrogen and oxygen atoms in total. The van der Waals surface area contributed by atoms with Gasteiger partial charge < -0.3 is 5.11 Å². The molecule has 1 N–H and O–H groups in total. The maximum Gasteiger partial charge on any atom is 0.279 e. The molecule has 3 aromatic rings. The second kappa shape index (κ2) is 5.63. The maximum absolute atomic E-state index is 12.8. The molecule has 0 amide bonds. The van der Waals surface area contributed by atoms with Crippen molar-refractivity contribution in [2.24, 2.45) is 0 Å². The minimum Gasteiger partial charge on any atom is -0.392 e. The highest BCUT2D eigenvalue weighted by molar-refractivity contribution is 5.81. The van der Waals surface area contributed by atoms with Crippen LogP contribution in [0.2, 0.25) is 0 Å². The number of hydrogen-bond acceptors (Lipinski definition) is 3. The zero-order valence-corrected chi connectivity index (χ0v) is 13.6. The average molecular weight is 308 g/mol. The van der Waals surface area contributed by atoms with Gasteiger partial charge in [-0.3, -0.25) is 4.79 Å². The van der Waals surface area contributed by atoms with Crippen LogP contribution in [0.15, 0.2) is 53.5 Å². The number of aliphatic hydroxyl groups is 1. The lowest BCUT2D eigenvalue weighted by atomic mass is 9.86. The second-order valence-corrected chi connectivity index (χ2v) is 6.70. The Bertz CT molecular complexity index is 921. The van der Waals surface area contributed by atoms with Gasteiger partial charge in [0.15, 0.2) is 0 Å². The molecule has 0 aliphatic rings. The number of nitrogens with zero attached hydrogens (tertiary/aromatic N) is 2. The standard InChI is InChI=1S/C19H20N2O2/c1-19(2,3)15-8-9-16-14(10-15)11-20-21(18(16)23)17-7-5-4-6-13(17)12-22/h4-11,22H,12H2,1-3H3. The third kappa shape index (κ3) is 2.78.